The number of ether oxygens (including phenoxy) is 2. The molecule has 0 radical (unpaired) electrons. The lowest BCUT2D eigenvalue weighted by Crippen LogP contribution is -2.60. The van der Waals surface area contributed by atoms with Crippen molar-refractivity contribution in [2.75, 3.05) is 13.2 Å². The van der Waals surface area contributed by atoms with Crippen LogP contribution in [-0.2, 0) is 14.3 Å². The molecule has 6 N–H and O–H groups in total. The number of hydrogen-bond acceptors (Lipinski definition) is 8. The number of aliphatic hydroxyl groups is 5. The highest BCUT2D eigenvalue weighted by atomic mass is 16.7. The molecule has 7 unspecified atom stereocenters. The molecule has 1 heterocycles. The van der Waals surface area contributed by atoms with Crippen LogP contribution < -0.4 is 5.32 Å². The average Bonchev–Trinajstić information content (AvgIpc) is 3.25. The minimum absolute atomic E-state index is 0.196. The van der Waals surface area contributed by atoms with Gasteiger partial charge in [-0.2, -0.15) is 0 Å². The molecule has 9 nitrogen and oxygen atoms in total. The summed E-state index contributed by atoms with van der Waals surface area (Å²) in [6.45, 7) is 3.73. The predicted molar refractivity (Wildman–Crippen MR) is 249 cm³/mol. The molecule has 9 heteroatoms. The Balaban J connectivity index is 2.30. The molecule has 1 fully saturated rings. The van der Waals surface area contributed by atoms with Gasteiger partial charge in [0.15, 0.2) is 6.29 Å². The van der Waals surface area contributed by atoms with Crippen molar-refractivity contribution in [1.29, 1.82) is 0 Å². The summed E-state index contributed by atoms with van der Waals surface area (Å²) in [5.74, 6) is -0.196. The predicted octanol–water partition coefficient (Wildman–Crippen LogP) is 11.0. The number of amides is 1. The van der Waals surface area contributed by atoms with Gasteiger partial charge in [-0.1, -0.05) is 184 Å². The highest BCUT2D eigenvalue weighted by Crippen LogP contribution is 2.22. The summed E-state index contributed by atoms with van der Waals surface area (Å²) in [4.78, 5) is 13.0. The molecule has 7 atom stereocenters. The van der Waals surface area contributed by atoms with Crippen LogP contribution in [0.15, 0.2) is 48.6 Å². The summed E-state index contributed by atoms with van der Waals surface area (Å²) in [6.07, 6.45) is 45.9. The first-order valence-electron chi connectivity index (χ1n) is 24.9. The molecule has 60 heavy (non-hydrogen) atoms. The van der Waals surface area contributed by atoms with Gasteiger partial charge < -0.3 is 40.3 Å². The van der Waals surface area contributed by atoms with Gasteiger partial charge in [-0.05, 0) is 70.6 Å². The maximum absolute atomic E-state index is 13.0. The quantitative estimate of drug-likeness (QED) is 0.0263. The lowest BCUT2D eigenvalue weighted by atomic mass is 9.99. The van der Waals surface area contributed by atoms with Crippen LogP contribution in [-0.4, -0.2) is 87.5 Å². The monoisotopic (exact) mass is 848 g/mol. The molecule has 0 aromatic heterocycles. The van der Waals surface area contributed by atoms with Crippen molar-refractivity contribution in [2.45, 2.75) is 256 Å². The molecule has 1 aliphatic heterocycles. The van der Waals surface area contributed by atoms with E-state index in [1.807, 2.05) is 6.08 Å². The van der Waals surface area contributed by atoms with Crippen molar-refractivity contribution in [1.82, 2.24) is 5.32 Å². The maximum atomic E-state index is 13.0. The van der Waals surface area contributed by atoms with Crippen molar-refractivity contribution < 1.29 is 39.8 Å². The van der Waals surface area contributed by atoms with Gasteiger partial charge in [0, 0.05) is 6.42 Å². The number of hydrogen-bond donors (Lipinski definition) is 6. The molecule has 1 saturated heterocycles. The van der Waals surface area contributed by atoms with Crippen LogP contribution in [0.3, 0.4) is 0 Å². The number of carbonyl (C=O) groups is 1. The summed E-state index contributed by atoms with van der Waals surface area (Å²) >= 11 is 0. The van der Waals surface area contributed by atoms with E-state index in [9.17, 15) is 30.3 Å². The number of carbonyl (C=O) groups excluding carboxylic acids is 1. The maximum Gasteiger partial charge on any atom is 0.220 e. The van der Waals surface area contributed by atoms with Crippen molar-refractivity contribution in [3.8, 4) is 0 Å². The van der Waals surface area contributed by atoms with E-state index in [4.69, 9.17) is 9.47 Å². The van der Waals surface area contributed by atoms with E-state index < -0.39 is 49.5 Å². The Hall–Kier alpha value is -1.85. The molecular formula is C51H93NO8. The van der Waals surface area contributed by atoms with E-state index in [0.717, 1.165) is 64.2 Å². The Morgan fingerprint density at radius 2 is 0.950 bits per heavy atom. The zero-order chi connectivity index (χ0) is 43.7. The van der Waals surface area contributed by atoms with Crippen molar-refractivity contribution in [3.05, 3.63) is 48.6 Å². The van der Waals surface area contributed by atoms with Gasteiger partial charge in [0.2, 0.25) is 5.91 Å². The molecule has 0 saturated carbocycles. The molecular weight excluding hydrogens is 755 g/mol. The number of rotatable bonds is 41. The van der Waals surface area contributed by atoms with Crippen molar-refractivity contribution in [2.24, 2.45) is 0 Å². The summed E-state index contributed by atoms with van der Waals surface area (Å²) in [7, 11) is 0. The standard InChI is InChI=1S/C51H93NO8/c1-3-5-7-9-11-13-15-17-19-20-21-22-23-24-25-26-27-29-31-33-35-37-39-41-47(55)52-44(43-59-51-50(58)49(57)48(56)46(42-53)60-51)45(54)40-38-36-34-32-30-28-18-16-14-12-10-8-6-4-2/h14,16,24-25,30,32,38,40,44-46,48-51,53-54,56-58H,3-13,15,17-23,26-29,31,33-37,39,41-43H2,1-2H3,(H,52,55)/b16-14+,25-24-,32-30+,40-38+. The van der Waals surface area contributed by atoms with Gasteiger partial charge in [0.1, 0.15) is 24.4 Å². The first-order valence-corrected chi connectivity index (χ1v) is 24.9. The van der Waals surface area contributed by atoms with E-state index in [-0.39, 0.29) is 12.5 Å². The second kappa shape index (κ2) is 41.2. The van der Waals surface area contributed by atoms with Crippen LogP contribution in [0, 0.1) is 0 Å². The van der Waals surface area contributed by atoms with Gasteiger partial charge >= 0.3 is 0 Å². The van der Waals surface area contributed by atoms with Crippen molar-refractivity contribution >= 4 is 5.91 Å². The van der Waals surface area contributed by atoms with E-state index >= 15 is 0 Å². The molecule has 1 rings (SSSR count). The van der Waals surface area contributed by atoms with E-state index in [0.29, 0.717) is 6.42 Å². The Morgan fingerprint density at radius 1 is 0.550 bits per heavy atom. The zero-order valence-corrected chi connectivity index (χ0v) is 38.5. The molecule has 0 aromatic rings. The van der Waals surface area contributed by atoms with Gasteiger partial charge in [0.05, 0.1) is 25.4 Å². The second-order valence-corrected chi connectivity index (χ2v) is 17.2. The lowest BCUT2D eigenvalue weighted by molar-refractivity contribution is -0.302. The minimum atomic E-state index is -1.57. The van der Waals surface area contributed by atoms with Crippen LogP contribution in [0.25, 0.3) is 0 Å². The van der Waals surface area contributed by atoms with Gasteiger partial charge in [-0.3, -0.25) is 4.79 Å². The third-order valence-corrected chi connectivity index (χ3v) is 11.6. The zero-order valence-electron chi connectivity index (χ0n) is 38.5. The van der Waals surface area contributed by atoms with E-state index in [1.54, 1.807) is 6.08 Å². The van der Waals surface area contributed by atoms with Gasteiger partial charge in [0.25, 0.3) is 0 Å². The second-order valence-electron chi connectivity index (χ2n) is 17.2. The van der Waals surface area contributed by atoms with Crippen LogP contribution >= 0.6 is 0 Å². The number of allylic oxidation sites excluding steroid dienone is 7. The molecule has 1 aliphatic rings. The smallest absolute Gasteiger partial charge is 0.220 e. The summed E-state index contributed by atoms with van der Waals surface area (Å²) in [5.41, 5.74) is 0. The summed E-state index contributed by atoms with van der Waals surface area (Å²) in [5, 5.41) is 54.2. The molecule has 0 aliphatic carbocycles. The number of aliphatic hydroxyl groups excluding tert-OH is 5. The van der Waals surface area contributed by atoms with E-state index in [2.05, 4.69) is 55.6 Å². The lowest BCUT2D eigenvalue weighted by Gasteiger charge is -2.40. The molecule has 1 amide bonds. The summed E-state index contributed by atoms with van der Waals surface area (Å²) < 4.78 is 11.2. The van der Waals surface area contributed by atoms with Crippen molar-refractivity contribution in [3.63, 3.8) is 0 Å². The fraction of sp³-hybridized carbons (Fsp3) is 0.824. The fourth-order valence-corrected chi connectivity index (χ4v) is 7.59. The van der Waals surface area contributed by atoms with Gasteiger partial charge in [-0.25, -0.2) is 0 Å². The summed E-state index contributed by atoms with van der Waals surface area (Å²) in [6, 6.07) is -0.830. The Morgan fingerprint density at radius 3 is 1.42 bits per heavy atom. The van der Waals surface area contributed by atoms with Crippen LogP contribution in [0.1, 0.15) is 213 Å². The molecule has 350 valence electrons. The molecule has 0 aromatic carbocycles. The van der Waals surface area contributed by atoms with Crippen LogP contribution in [0.5, 0.6) is 0 Å². The van der Waals surface area contributed by atoms with Crippen LogP contribution in [0.2, 0.25) is 0 Å². The van der Waals surface area contributed by atoms with E-state index in [1.165, 1.54) is 128 Å². The molecule has 0 spiro atoms. The normalized spacial score (nSPS) is 20.9. The third-order valence-electron chi connectivity index (χ3n) is 11.6. The first-order chi connectivity index (χ1) is 29.3. The Kier molecular flexibility index (Phi) is 38.5. The molecule has 0 bridgehead atoms. The first kappa shape index (κ1) is 56.2. The SMILES string of the molecule is CCCCCC/C=C/CC/C=C/CC/C=C/C(O)C(COC1OC(CO)C(O)C(O)C1O)NC(=O)CCCCCCCCC/C=C\CCCCCCCCCCCCCC. The highest BCUT2D eigenvalue weighted by molar-refractivity contribution is 5.76. The number of unbranched alkanes of at least 4 members (excludes halogenated alkanes) is 25. The number of nitrogens with one attached hydrogen (secondary N) is 1. The Bertz CT molecular complexity index is 1080. The average molecular weight is 848 g/mol. The van der Waals surface area contributed by atoms with Gasteiger partial charge in [-0.15, -0.1) is 0 Å². The Labute approximate surface area is 367 Å². The van der Waals surface area contributed by atoms with Crippen LogP contribution in [0.4, 0.5) is 0 Å². The largest absolute Gasteiger partial charge is 0.394 e. The fourth-order valence-electron chi connectivity index (χ4n) is 7.59. The minimum Gasteiger partial charge on any atom is -0.394 e. The topological polar surface area (TPSA) is 149 Å². The third kappa shape index (κ3) is 31.1. The highest BCUT2D eigenvalue weighted by Gasteiger charge is 2.44.